The highest BCUT2D eigenvalue weighted by molar-refractivity contribution is 5.92. The molecule has 27 heavy (non-hydrogen) atoms. The third-order valence-electron chi connectivity index (χ3n) is 4.25. The Bertz CT molecular complexity index is 843. The van der Waals surface area contributed by atoms with Gasteiger partial charge in [0.05, 0.1) is 18.3 Å². The van der Waals surface area contributed by atoms with Crippen LogP contribution in [0.25, 0.3) is 0 Å². The number of hydrogen-bond donors (Lipinski definition) is 1. The van der Waals surface area contributed by atoms with Crippen molar-refractivity contribution in [3.8, 4) is 5.75 Å². The van der Waals surface area contributed by atoms with Gasteiger partial charge in [0, 0.05) is 11.3 Å². The van der Waals surface area contributed by atoms with Crippen molar-refractivity contribution in [1.29, 1.82) is 0 Å². The van der Waals surface area contributed by atoms with E-state index in [1.165, 1.54) is 0 Å². The summed E-state index contributed by atoms with van der Waals surface area (Å²) in [6.45, 7) is 8.19. The van der Waals surface area contributed by atoms with Crippen molar-refractivity contribution in [2.75, 3.05) is 11.9 Å². The largest absolute Gasteiger partial charge is 0.493 e. The van der Waals surface area contributed by atoms with Crippen LogP contribution in [-0.2, 0) is 9.53 Å². The van der Waals surface area contributed by atoms with Gasteiger partial charge < -0.3 is 14.8 Å². The zero-order chi connectivity index (χ0) is 19.4. The van der Waals surface area contributed by atoms with Crippen LogP contribution in [0.15, 0.2) is 35.5 Å². The highest BCUT2D eigenvalue weighted by Crippen LogP contribution is 2.39. The van der Waals surface area contributed by atoms with Crippen LogP contribution in [0.5, 0.6) is 5.75 Å². The molecule has 1 aromatic heterocycles. The van der Waals surface area contributed by atoms with Gasteiger partial charge in [0.1, 0.15) is 11.8 Å². The number of para-hydroxylation sites is 1. The maximum Gasteiger partial charge on any atom is 0.338 e. The van der Waals surface area contributed by atoms with Gasteiger partial charge in [-0.1, -0.05) is 36.6 Å². The highest BCUT2D eigenvalue weighted by Gasteiger charge is 2.36. The minimum absolute atomic E-state index is 0.232. The van der Waals surface area contributed by atoms with Gasteiger partial charge >= 0.3 is 5.97 Å². The molecule has 0 bridgehead atoms. The summed E-state index contributed by atoms with van der Waals surface area (Å²) in [7, 11) is 0. The minimum atomic E-state index is -0.527. The topological polar surface area (TPSA) is 91.2 Å². The number of esters is 1. The lowest BCUT2D eigenvalue weighted by Crippen LogP contribution is -2.31. The molecule has 1 N–H and O–H groups in total. The minimum Gasteiger partial charge on any atom is -0.493 e. The summed E-state index contributed by atoms with van der Waals surface area (Å²) in [6, 6.07) is 7.13. The SMILES string of the molecule is CCCCOc1ccccc1C1C(C(=O)OC(C)C)=C(C)Nc2nnnn21. The van der Waals surface area contributed by atoms with E-state index in [9.17, 15) is 4.79 Å². The second-order valence-electron chi connectivity index (χ2n) is 6.71. The van der Waals surface area contributed by atoms with E-state index >= 15 is 0 Å². The van der Waals surface area contributed by atoms with Crippen molar-refractivity contribution >= 4 is 11.9 Å². The number of unbranched alkanes of at least 4 members (excludes halogenated alkanes) is 1. The first-order valence-electron chi connectivity index (χ1n) is 9.21. The van der Waals surface area contributed by atoms with Crippen molar-refractivity contribution in [1.82, 2.24) is 20.2 Å². The predicted octanol–water partition coefficient (Wildman–Crippen LogP) is 3.09. The smallest absolute Gasteiger partial charge is 0.338 e. The van der Waals surface area contributed by atoms with Crippen LogP contribution < -0.4 is 10.1 Å². The molecule has 2 heterocycles. The first kappa shape index (κ1) is 18.9. The van der Waals surface area contributed by atoms with Gasteiger partial charge in [-0.2, -0.15) is 4.68 Å². The average Bonchev–Trinajstić information content (AvgIpc) is 3.08. The van der Waals surface area contributed by atoms with Gasteiger partial charge in [0.15, 0.2) is 0 Å². The lowest BCUT2D eigenvalue weighted by molar-refractivity contribution is -0.143. The Kier molecular flexibility index (Phi) is 5.73. The Balaban J connectivity index is 2.07. The number of benzene rings is 1. The molecule has 1 unspecified atom stereocenters. The van der Waals surface area contributed by atoms with Gasteiger partial charge in [-0.05, 0) is 43.7 Å². The third kappa shape index (κ3) is 3.94. The predicted molar refractivity (Wildman–Crippen MR) is 100 cm³/mol. The molecule has 8 nitrogen and oxygen atoms in total. The van der Waals surface area contributed by atoms with Crippen LogP contribution >= 0.6 is 0 Å². The van der Waals surface area contributed by atoms with Crippen molar-refractivity contribution in [3.05, 3.63) is 41.1 Å². The van der Waals surface area contributed by atoms with Crippen LogP contribution in [0.4, 0.5) is 5.95 Å². The zero-order valence-electron chi connectivity index (χ0n) is 16.1. The van der Waals surface area contributed by atoms with Gasteiger partial charge in [-0.15, -0.1) is 0 Å². The molecule has 144 valence electrons. The summed E-state index contributed by atoms with van der Waals surface area (Å²) in [5, 5.41) is 14.9. The number of carbonyl (C=O) groups excluding carboxylic acids is 1. The van der Waals surface area contributed by atoms with Gasteiger partial charge in [-0.3, -0.25) is 0 Å². The Hall–Kier alpha value is -2.90. The van der Waals surface area contributed by atoms with Crippen LogP contribution in [0, 0.1) is 0 Å². The molecule has 0 amide bonds. The van der Waals surface area contributed by atoms with Crippen molar-refractivity contribution in [2.45, 2.75) is 52.7 Å². The zero-order valence-corrected chi connectivity index (χ0v) is 16.1. The molecule has 0 aliphatic carbocycles. The molecule has 1 atom stereocenters. The Morgan fingerprint density at radius 3 is 2.85 bits per heavy atom. The van der Waals surface area contributed by atoms with Crippen molar-refractivity contribution in [3.63, 3.8) is 0 Å². The number of allylic oxidation sites excluding steroid dienone is 1. The van der Waals surface area contributed by atoms with E-state index in [4.69, 9.17) is 9.47 Å². The molecule has 1 aliphatic rings. The van der Waals surface area contributed by atoms with Crippen molar-refractivity contribution < 1.29 is 14.3 Å². The Morgan fingerprint density at radius 1 is 1.33 bits per heavy atom. The first-order chi connectivity index (χ1) is 13.0. The molecule has 0 saturated carbocycles. The summed E-state index contributed by atoms with van der Waals surface area (Å²) in [5.74, 6) is 0.786. The van der Waals surface area contributed by atoms with Gasteiger partial charge in [-0.25, -0.2) is 4.79 Å². The lowest BCUT2D eigenvalue weighted by Gasteiger charge is -2.29. The molecule has 0 fully saturated rings. The van der Waals surface area contributed by atoms with E-state index in [0.717, 1.165) is 18.4 Å². The fourth-order valence-corrected chi connectivity index (χ4v) is 3.01. The fraction of sp³-hybridized carbons (Fsp3) is 0.474. The van der Waals surface area contributed by atoms with Crippen LogP contribution in [0.1, 0.15) is 52.1 Å². The quantitative estimate of drug-likeness (QED) is 0.591. The second kappa shape index (κ2) is 8.20. The number of nitrogens with one attached hydrogen (secondary N) is 1. The summed E-state index contributed by atoms with van der Waals surface area (Å²) >= 11 is 0. The van der Waals surface area contributed by atoms with E-state index in [2.05, 4.69) is 27.8 Å². The maximum absolute atomic E-state index is 12.9. The number of hydrogen-bond acceptors (Lipinski definition) is 7. The monoisotopic (exact) mass is 371 g/mol. The standard InChI is InChI=1S/C19H25N5O3/c1-5-6-11-26-15-10-8-7-9-14(15)17-16(18(25)27-12(2)3)13(4)20-19-21-22-23-24(17)19/h7-10,12,17H,5-6,11H2,1-4H3,(H,20,21,23). The maximum atomic E-state index is 12.9. The van der Waals surface area contributed by atoms with Gasteiger partial charge in [0.2, 0.25) is 5.95 Å². The van der Waals surface area contributed by atoms with E-state index < -0.39 is 12.0 Å². The first-order valence-corrected chi connectivity index (χ1v) is 9.21. The Labute approximate surface area is 158 Å². The summed E-state index contributed by atoms with van der Waals surface area (Å²) in [5.41, 5.74) is 1.95. The van der Waals surface area contributed by atoms with E-state index in [0.29, 0.717) is 29.6 Å². The normalized spacial score (nSPS) is 16.1. The van der Waals surface area contributed by atoms with Crippen LogP contribution in [0.3, 0.4) is 0 Å². The summed E-state index contributed by atoms with van der Waals surface area (Å²) in [4.78, 5) is 12.9. The highest BCUT2D eigenvalue weighted by atomic mass is 16.5. The number of fused-ring (bicyclic) bond motifs is 1. The van der Waals surface area contributed by atoms with Crippen LogP contribution in [-0.4, -0.2) is 38.9 Å². The number of rotatable bonds is 7. The molecular formula is C19H25N5O3. The number of aromatic nitrogens is 4. The molecule has 0 radical (unpaired) electrons. The molecule has 8 heteroatoms. The number of anilines is 1. The summed E-state index contributed by atoms with van der Waals surface area (Å²) in [6.07, 6.45) is 1.76. The fourth-order valence-electron chi connectivity index (χ4n) is 3.01. The average molecular weight is 371 g/mol. The number of nitrogens with zero attached hydrogens (tertiary/aromatic N) is 4. The van der Waals surface area contributed by atoms with Gasteiger partial charge in [0.25, 0.3) is 0 Å². The molecule has 2 aromatic rings. The van der Waals surface area contributed by atoms with Crippen molar-refractivity contribution in [2.24, 2.45) is 0 Å². The number of tetrazole rings is 1. The molecule has 1 aliphatic heterocycles. The molecule has 0 saturated heterocycles. The number of ether oxygens (including phenoxy) is 2. The molecule has 1 aromatic carbocycles. The number of carbonyl (C=O) groups is 1. The Morgan fingerprint density at radius 2 is 2.11 bits per heavy atom. The second-order valence-corrected chi connectivity index (χ2v) is 6.71. The van der Waals surface area contributed by atoms with E-state index in [-0.39, 0.29) is 6.10 Å². The lowest BCUT2D eigenvalue weighted by atomic mass is 9.95. The third-order valence-corrected chi connectivity index (χ3v) is 4.25. The van der Waals surface area contributed by atoms with Crippen LogP contribution in [0.2, 0.25) is 0 Å². The molecule has 0 spiro atoms. The summed E-state index contributed by atoms with van der Waals surface area (Å²) < 4.78 is 13.1. The molecule has 3 rings (SSSR count). The van der Waals surface area contributed by atoms with E-state index in [1.807, 2.05) is 45.0 Å². The van der Waals surface area contributed by atoms with E-state index in [1.54, 1.807) is 4.68 Å². The molecular weight excluding hydrogens is 346 g/mol.